The number of carbonyl (C=O) groups is 2. The maximum atomic E-state index is 13.2. The topological polar surface area (TPSA) is 49.9 Å². The second kappa shape index (κ2) is 9.65. The molecule has 1 aliphatic rings. The monoisotopic (exact) mass is 428 g/mol. The smallest absolute Gasteiger partial charge is 0.242 e. The maximum Gasteiger partial charge on any atom is 0.242 e. The summed E-state index contributed by atoms with van der Waals surface area (Å²) < 4.78 is 6.12. The van der Waals surface area contributed by atoms with E-state index in [1.165, 1.54) is 17.4 Å². The van der Waals surface area contributed by atoms with Gasteiger partial charge in [-0.1, -0.05) is 26.0 Å². The van der Waals surface area contributed by atoms with Gasteiger partial charge in [0.15, 0.2) is 0 Å². The van der Waals surface area contributed by atoms with Gasteiger partial charge in [-0.15, -0.1) is 11.3 Å². The summed E-state index contributed by atoms with van der Waals surface area (Å²) in [6.07, 6.45) is 0.847. The van der Waals surface area contributed by atoms with E-state index in [0.717, 1.165) is 17.7 Å². The first-order chi connectivity index (χ1) is 14.3. The first kappa shape index (κ1) is 22.3. The average Bonchev–Trinajstić information content (AvgIpc) is 3.18. The standard InChI is InChI=1S/C24H32N2O3S/c1-16(2)19-6-8-20(9-7-19)29-15-22-21-11-13-30-23(21)10-12-25(22)24(28)14-26(17(3)4)18(5)27/h6-9,11,13,16-17,22H,10,12,14-15H2,1-5H3. The van der Waals surface area contributed by atoms with Crippen LogP contribution in [0.2, 0.25) is 0 Å². The van der Waals surface area contributed by atoms with Crippen molar-refractivity contribution < 1.29 is 14.3 Å². The van der Waals surface area contributed by atoms with E-state index < -0.39 is 0 Å². The van der Waals surface area contributed by atoms with Crippen molar-refractivity contribution in [1.29, 1.82) is 0 Å². The number of hydrogen-bond acceptors (Lipinski definition) is 4. The molecule has 5 nitrogen and oxygen atoms in total. The molecule has 1 aromatic carbocycles. The second-order valence-corrected chi connectivity index (χ2v) is 9.43. The summed E-state index contributed by atoms with van der Waals surface area (Å²) in [5.41, 5.74) is 2.44. The molecule has 1 aromatic heterocycles. The summed E-state index contributed by atoms with van der Waals surface area (Å²) in [6, 6.07) is 10.1. The van der Waals surface area contributed by atoms with Gasteiger partial charge in [0.25, 0.3) is 0 Å². The Morgan fingerprint density at radius 3 is 2.47 bits per heavy atom. The molecule has 0 saturated heterocycles. The summed E-state index contributed by atoms with van der Waals surface area (Å²) in [5, 5.41) is 2.08. The van der Waals surface area contributed by atoms with Crippen LogP contribution in [0.25, 0.3) is 0 Å². The van der Waals surface area contributed by atoms with Crippen LogP contribution >= 0.6 is 11.3 Å². The number of amides is 2. The van der Waals surface area contributed by atoms with Crippen molar-refractivity contribution in [3.8, 4) is 5.75 Å². The molecule has 0 N–H and O–H groups in total. The van der Waals surface area contributed by atoms with Crippen molar-refractivity contribution in [3.63, 3.8) is 0 Å². The number of rotatable bonds is 7. The van der Waals surface area contributed by atoms with E-state index in [4.69, 9.17) is 4.74 Å². The predicted molar refractivity (Wildman–Crippen MR) is 121 cm³/mol. The third kappa shape index (κ3) is 5.04. The Morgan fingerprint density at radius 2 is 1.87 bits per heavy atom. The van der Waals surface area contributed by atoms with Gasteiger partial charge in [0.2, 0.25) is 11.8 Å². The van der Waals surface area contributed by atoms with Gasteiger partial charge in [0.1, 0.15) is 12.4 Å². The molecular formula is C24H32N2O3S. The first-order valence-electron chi connectivity index (χ1n) is 10.6. The Balaban J connectivity index is 1.76. The minimum atomic E-state index is -0.141. The average molecular weight is 429 g/mol. The van der Waals surface area contributed by atoms with Gasteiger partial charge >= 0.3 is 0 Å². The third-order valence-electron chi connectivity index (χ3n) is 5.70. The third-order valence-corrected chi connectivity index (χ3v) is 6.70. The summed E-state index contributed by atoms with van der Waals surface area (Å²) >= 11 is 1.74. The van der Waals surface area contributed by atoms with Gasteiger partial charge in [-0.3, -0.25) is 9.59 Å². The molecule has 162 valence electrons. The first-order valence-corrected chi connectivity index (χ1v) is 11.5. The number of thiophene rings is 1. The largest absolute Gasteiger partial charge is 0.491 e. The van der Waals surface area contributed by atoms with Crippen LogP contribution < -0.4 is 4.74 Å². The highest BCUT2D eigenvalue weighted by molar-refractivity contribution is 7.10. The SMILES string of the molecule is CC(=O)N(CC(=O)N1CCc2sccc2C1COc1ccc(C(C)C)cc1)C(C)C. The number of carbonyl (C=O) groups excluding carboxylic acids is 2. The number of benzene rings is 1. The van der Waals surface area contributed by atoms with E-state index in [9.17, 15) is 9.59 Å². The van der Waals surface area contributed by atoms with Gasteiger partial charge in [-0.05, 0) is 60.9 Å². The molecule has 1 atom stereocenters. The molecule has 2 heterocycles. The Bertz CT molecular complexity index is 873. The number of fused-ring (bicyclic) bond motifs is 1. The van der Waals surface area contributed by atoms with Crippen LogP contribution in [0.5, 0.6) is 5.75 Å². The summed E-state index contributed by atoms with van der Waals surface area (Å²) in [7, 11) is 0. The van der Waals surface area contributed by atoms with Crippen LogP contribution in [0.4, 0.5) is 0 Å². The summed E-state index contributed by atoms with van der Waals surface area (Å²) in [4.78, 5) is 29.9. The fourth-order valence-electron chi connectivity index (χ4n) is 3.89. The van der Waals surface area contributed by atoms with Gasteiger partial charge < -0.3 is 14.5 Å². The fourth-order valence-corrected chi connectivity index (χ4v) is 4.82. The molecule has 3 rings (SSSR count). The molecule has 30 heavy (non-hydrogen) atoms. The molecule has 0 bridgehead atoms. The molecule has 0 radical (unpaired) electrons. The zero-order chi connectivity index (χ0) is 21.8. The van der Waals surface area contributed by atoms with E-state index in [1.807, 2.05) is 30.9 Å². The minimum Gasteiger partial charge on any atom is -0.491 e. The van der Waals surface area contributed by atoms with Crippen LogP contribution in [-0.2, 0) is 16.0 Å². The lowest BCUT2D eigenvalue weighted by Crippen LogP contribution is -2.49. The minimum absolute atomic E-state index is 0.0119. The lowest BCUT2D eigenvalue weighted by atomic mass is 10.00. The molecule has 1 aliphatic heterocycles. The Morgan fingerprint density at radius 1 is 1.17 bits per heavy atom. The molecule has 2 aromatic rings. The second-order valence-electron chi connectivity index (χ2n) is 8.43. The van der Waals surface area contributed by atoms with Gasteiger partial charge in [-0.25, -0.2) is 0 Å². The Kier molecular flexibility index (Phi) is 7.19. The molecule has 0 fully saturated rings. The molecule has 0 aliphatic carbocycles. The van der Waals surface area contributed by atoms with Gasteiger partial charge in [0.05, 0.1) is 12.6 Å². The van der Waals surface area contributed by atoms with E-state index in [2.05, 4.69) is 37.4 Å². The zero-order valence-corrected chi connectivity index (χ0v) is 19.4. The molecule has 1 unspecified atom stereocenters. The van der Waals surface area contributed by atoms with Crippen molar-refractivity contribution >= 4 is 23.2 Å². The summed E-state index contributed by atoms with van der Waals surface area (Å²) in [6.45, 7) is 10.9. The zero-order valence-electron chi connectivity index (χ0n) is 18.6. The van der Waals surface area contributed by atoms with E-state index in [1.54, 1.807) is 16.2 Å². The highest BCUT2D eigenvalue weighted by atomic mass is 32.1. The number of ether oxygens (including phenoxy) is 1. The Hall–Kier alpha value is -2.34. The molecule has 0 saturated carbocycles. The lowest BCUT2D eigenvalue weighted by Gasteiger charge is -2.37. The van der Waals surface area contributed by atoms with Crippen LogP contribution in [-0.4, -0.2) is 47.4 Å². The molecule has 0 spiro atoms. The van der Waals surface area contributed by atoms with Gasteiger partial charge in [0, 0.05) is 24.4 Å². The van der Waals surface area contributed by atoms with Crippen molar-refractivity contribution in [3.05, 3.63) is 51.7 Å². The van der Waals surface area contributed by atoms with Crippen LogP contribution in [0, 0.1) is 0 Å². The van der Waals surface area contributed by atoms with Crippen molar-refractivity contribution in [2.45, 2.75) is 59.0 Å². The number of hydrogen-bond donors (Lipinski definition) is 0. The quantitative estimate of drug-likeness (QED) is 0.646. The van der Waals surface area contributed by atoms with E-state index in [0.29, 0.717) is 19.1 Å². The van der Waals surface area contributed by atoms with Crippen LogP contribution in [0.1, 0.15) is 62.6 Å². The fraction of sp³-hybridized carbons (Fsp3) is 0.500. The molecule has 2 amide bonds. The maximum absolute atomic E-state index is 13.2. The van der Waals surface area contributed by atoms with Crippen LogP contribution in [0.15, 0.2) is 35.7 Å². The Labute approximate surface area is 183 Å². The molecular weight excluding hydrogens is 396 g/mol. The van der Waals surface area contributed by atoms with Crippen molar-refractivity contribution in [1.82, 2.24) is 9.80 Å². The lowest BCUT2D eigenvalue weighted by molar-refractivity contribution is -0.143. The predicted octanol–water partition coefficient (Wildman–Crippen LogP) is 4.63. The summed E-state index contributed by atoms with van der Waals surface area (Å²) in [5.74, 6) is 1.18. The number of nitrogens with zero attached hydrogens (tertiary/aromatic N) is 2. The van der Waals surface area contributed by atoms with E-state index in [-0.39, 0.29) is 30.4 Å². The highest BCUT2D eigenvalue weighted by Gasteiger charge is 2.33. The van der Waals surface area contributed by atoms with E-state index >= 15 is 0 Å². The van der Waals surface area contributed by atoms with Gasteiger partial charge in [-0.2, -0.15) is 0 Å². The van der Waals surface area contributed by atoms with Crippen LogP contribution in [0.3, 0.4) is 0 Å². The van der Waals surface area contributed by atoms with Crippen molar-refractivity contribution in [2.75, 3.05) is 19.7 Å². The molecule has 6 heteroatoms. The van der Waals surface area contributed by atoms with Crippen molar-refractivity contribution in [2.24, 2.45) is 0 Å². The normalized spacial score (nSPS) is 16.0. The highest BCUT2D eigenvalue weighted by Crippen LogP contribution is 2.34.